The lowest BCUT2D eigenvalue weighted by atomic mass is 10.2. The van der Waals surface area contributed by atoms with Gasteiger partial charge >= 0.3 is 0 Å². The first-order chi connectivity index (χ1) is 7.76. The summed E-state index contributed by atoms with van der Waals surface area (Å²) in [5.74, 6) is 0.514. The van der Waals surface area contributed by atoms with Gasteiger partial charge in [0, 0.05) is 18.7 Å². The maximum atomic E-state index is 13.1. The van der Waals surface area contributed by atoms with Crippen LogP contribution in [-0.4, -0.2) is 9.55 Å². The number of halogens is 1. The quantitative estimate of drug-likeness (QED) is 0.859. The average molecular weight is 219 g/mol. The second-order valence-electron chi connectivity index (χ2n) is 3.53. The maximum absolute atomic E-state index is 13.1. The first kappa shape index (κ1) is 10.8. The zero-order valence-corrected chi connectivity index (χ0v) is 9.15. The first-order valence-corrected chi connectivity index (χ1v) is 5.26. The lowest BCUT2D eigenvalue weighted by Gasteiger charge is -2.08. The van der Waals surface area contributed by atoms with Crippen molar-refractivity contribution in [3.8, 4) is 11.4 Å². The Morgan fingerprint density at radius 1 is 1.44 bits per heavy atom. The van der Waals surface area contributed by atoms with Crippen molar-refractivity contribution in [1.82, 2.24) is 9.55 Å². The van der Waals surface area contributed by atoms with E-state index in [1.807, 2.05) is 17.6 Å². The Balaban J connectivity index is 2.51. The molecule has 16 heavy (non-hydrogen) atoms. The predicted octanol–water partition coefficient (Wildman–Crippen LogP) is 2.17. The normalized spacial score (nSPS) is 10.7. The molecule has 0 saturated heterocycles. The molecule has 2 aromatic rings. The summed E-state index contributed by atoms with van der Waals surface area (Å²) < 4.78 is 15.1. The first-order valence-electron chi connectivity index (χ1n) is 5.26. The third-order valence-electron chi connectivity index (χ3n) is 2.55. The van der Waals surface area contributed by atoms with Crippen molar-refractivity contribution in [2.24, 2.45) is 5.73 Å². The summed E-state index contributed by atoms with van der Waals surface area (Å²) in [6.45, 7) is 3.23. The van der Waals surface area contributed by atoms with Crippen molar-refractivity contribution >= 4 is 0 Å². The van der Waals surface area contributed by atoms with Crippen molar-refractivity contribution in [1.29, 1.82) is 0 Å². The number of nitrogens with zero attached hydrogens (tertiary/aromatic N) is 2. The molecule has 0 saturated carbocycles. The molecule has 1 aromatic heterocycles. The Labute approximate surface area is 93.7 Å². The van der Waals surface area contributed by atoms with E-state index in [9.17, 15) is 4.39 Å². The molecule has 2 rings (SSSR count). The highest BCUT2D eigenvalue weighted by molar-refractivity contribution is 5.56. The molecule has 0 aliphatic heterocycles. The van der Waals surface area contributed by atoms with E-state index in [0.29, 0.717) is 6.54 Å². The number of nitrogens with two attached hydrogens (primary N) is 1. The Hall–Kier alpha value is -1.68. The predicted molar refractivity (Wildman–Crippen MR) is 61.2 cm³/mol. The highest BCUT2D eigenvalue weighted by Gasteiger charge is 2.09. The minimum absolute atomic E-state index is 0.252. The average Bonchev–Trinajstić information content (AvgIpc) is 2.71. The van der Waals surface area contributed by atoms with Gasteiger partial charge in [0.1, 0.15) is 11.6 Å². The molecule has 0 spiro atoms. The van der Waals surface area contributed by atoms with Gasteiger partial charge in [-0.05, 0) is 19.1 Å². The van der Waals surface area contributed by atoms with Gasteiger partial charge in [-0.15, -0.1) is 0 Å². The highest BCUT2D eigenvalue weighted by atomic mass is 19.1. The third kappa shape index (κ3) is 1.84. The molecule has 0 unspecified atom stereocenters. The van der Waals surface area contributed by atoms with Gasteiger partial charge in [0.25, 0.3) is 0 Å². The van der Waals surface area contributed by atoms with Crippen LogP contribution in [0.2, 0.25) is 0 Å². The molecule has 2 N–H and O–H groups in total. The van der Waals surface area contributed by atoms with Gasteiger partial charge in [0.2, 0.25) is 0 Å². The molecule has 1 heterocycles. The van der Waals surface area contributed by atoms with Gasteiger partial charge in [0.05, 0.1) is 11.9 Å². The van der Waals surface area contributed by atoms with Gasteiger partial charge in [-0.3, -0.25) is 0 Å². The molecule has 84 valence electrons. The molecule has 0 amide bonds. The summed E-state index contributed by atoms with van der Waals surface area (Å²) in [7, 11) is 0. The van der Waals surface area contributed by atoms with Crippen LogP contribution in [0, 0.1) is 5.82 Å². The Bertz CT molecular complexity index is 491. The van der Waals surface area contributed by atoms with Crippen molar-refractivity contribution < 1.29 is 4.39 Å². The van der Waals surface area contributed by atoms with Crippen molar-refractivity contribution in [3.05, 3.63) is 42.0 Å². The van der Waals surface area contributed by atoms with E-state index in [4.69, 9.17) is 5.73 Å². The van der Waals surface area contributed by atoms with Gasteiger partial charge < -0.3 is 10.3 Å². The van der Waals surface area contributed by atoms with Crippen LogP contribution in [0.3, 0.4) is 0 Å². The largest absolute Gasteiger partial charge is 0.327 e. The number of hydrogen-bond acceptors (Lipinski definition) is 2. The molecule has 0 bridgehead atoms. The Kier molecular flexibility index (Phi) is 3.01. The monoisotopic (exact) mass is 219 g/mol. The van der Waals surface area contributed by atoms with Crippen LogP contribution >= 0.6 is 0 Å². The van der Waals surface area contributed by atoms with Crippen LogP contribution in [-0.2, 0) is 13.1 Å². The molecule has 0 radical (unpaired) electrons. The van der Waals surface area contributed by atoms with Crippen LogP contribution in [0.1, 0.15) is 12.6 Å². The minimum Gasteiger partial charge on any atom is -0.327 e. The molecule has 3 nitrogen and oxygen atoms in total. The van der Waals surface area contributed by atoms with Gasteiger partial charge in [-0.2, -0.15) is 0 Å². The van der Waals surface area contributed by atoms with Crippen LogP contribution in [0.25, 0.3) is 11.4 Å². The van der Waals surface area contributed by atoms with Crippen LogP contribution in [0.15, 0.2) is 30.5 Å². The van der Waals surface area contributed by atoms with E-state index < -0.39 is 0 Å². The van der Waals surface area contributed by atoms with Crippen LogP contribution in [0.5, 0.6) is 0 Å². The fourth-order valence-corrected chi connectivity index (χ4v) is 1.78. The summed E-state index contributed by atoms with van der Waals surface area (Å²) in [6, 6.07) is 6.43. The molecule has 0 atom stereocenters. The zero-order chi connectivity index (χ0) is 11.5. The fourth-order valence-electron chi connectivity index (χ4n) is 1.78. The fraction of sp³-hybridized carbons (Fsp3) is 0.250. The lowest BCUT2D eigenvalue weighted by Crippen LogP contribution is -2.07. The van der Waals surface area contributed by atoms with E-state index in [1.54, 1.807) is 12.3 Å². The van der Waals surface area contributed by atoms with E-state index in [1.165, 1.54) is 12.1 Å². The molecule has 0 aliphatic rings. The number of rotatable bonds is 3. The van der Waals surface area contributed by atoms with Crippen molar-refractivity contribution in [2.75, 3.05) is 0 Å². The summed E-state index contributed by atoms with van der Waals surface area (Å²) in [6.07, 6.45) is 1.74. The number of imidazole rings is 1. The lowest BCUT2D eigenvalue weighted by molar-refractivity contribution is 0.627. The van der Waals surface area contributed by atoms with Crippen molar-refractivity contribution in [2.45, 2.75) is 20.0 Å². The SMILES string of the molecule is CCn1c(CN)cnc1-c1cccc(F)c1. The second-order valence-corrected chi connectivity index (χ2v) is 3.53. The van der Waals surface area contributed by atoms with E-state index >= 15 is 0 Å². The van der Waals surface area contributed by atoms with E-state index in [-0.39, 0.29) is 5.82 Å². The van der Waals surface area contributed by atoms with Gasteiger partial charge in [-0.25, -0.2) is 9.37 Å². The highest BCUT2D eigenvalue weighted by Crippen LogP contribution is 2.20. The molecular weight excluding hydrogens is 205 g/mol. The zero-order valence-electron chi connectivity index (χ0n) is 9.15. The standard InChI is InChI=1S/C12H14FN3/c1-2-16-11(7-14)8-15-12(16)9-4-3-5-10(13)6-9/h3-6,8H,2,7,14H2,1H3. The van der Waals surface area contributed by atoms with Gasteiger partial charge in [0.15, 0.2) is 0 Å². The van der Waals surface area contributed by atoms with Crippen molar-refractivity contribution in [3.63, 3.8) is 0 Å². The Morgan fingerprint density at radius 2 is 2.25 bits per heavy atom. The van der Waals surface area contributed by atoms with E-state index in [2.05, 4.69) is 4.98 Å². The summed E-state index contributed by atoms with van der Waals surface area (Å²) in [5, 5.41) is 0. The summed E-state index contributed by atoms with van der Waals surface area (Å²) in [4.78, 5) is 4.29. The number of hydrogen-bond donors (Lipinski definition) is 1. The maximum Gasteiger partial charge on any atom is 0.140 e. The summed E-state index contributed by atoms with van der Waals surface area (Å²) >= 11 is 0. The smallest absolute Gasteiger partial charge is 0.140 e. The third-order valence-corrected chi connectivity index (χ3v) is 2.55. The number of benzene rings is 1. The second kappa shape index (κ2) is 4.45. The topological polar surface area (TPSA) is 43.8 Å². The molecule has 0 aliphatic carbocycles. The molecule has 0 fully saturated rings. The van der Waals surface area contributed by atoms with Gasteiger partial charge in [-0.1, -0.05) is 12.1 Å². The minimum atomic E-state index is -0.252. The van der Waals surface area contributed by atoms with Crippen LogP contribution in [0.4, 0.5) is 4.39 Å². The number of aromatic nitrogens is 2. The molecule has 1 aromatic carbocycles. The molecular formula is C12H14FN3. The summed E-state index contributed by atoms with van der Waals surface area (Å²) in [5.41, 5.74) is 7.35. The van der Waals surface area contributed by atoms with Crippen LogP contribution < -0.4 is 5.73 Å². The Morgan fingerprint density at radius 3 is 2.88 bits per heavy atom. The molecule has 4 heteroatoms. The van der Waals surface area contributed by atoms with E-state index in [0.717, 1.165) is 23.6 Å².